The Bertz CT molecular complexity index is 876. The average Bonchev–Trinajstić information content (AvgIpc) is 3.00. The molecule has 1 unspecified atom stereocenters. The molecule has 1 fully saturated rings. The number of benzene rings is 1. The predicted molar refractivity (Wildman–Crippen MR) is 95.2 cm³/mol. The van der Waals surface area contributed by atoms with Crippen LogP contribution in [0.1, 0.15) is 52.7 Å². The van der Waals surface area contributed by atoms with Crippen molar-refractivity contribution in [3.63, 3.8) is 0 Å². The summed E-state index contributed by atoms with van der Waals surface area (Å²) in [6.07, 6.45) is 1.65. The van der Waals surface area contributed by atoms with E-state index in [1.54, 1.807) is 11.2 Å². The van der Waals surface area contributed by atoms with Gasteiger partial charge in [-0.2, -0.15) is 9.29 Å². The third kappa shape index (κ3) is 3.22. The second-order valence-electron chi connectivity index (χ2n) is 6.97. The Balaban J connectivity index is 1.98. The molecule has 7 heteroatoms. The molecule has 0 spiro atoms. The highest BCUT2D eigenvalue weighted by Crippen LogP contribution is 2.33. The minimum atomic E-state index is -3.56. The molecule has 2 heterocycles. The highest BCUT2D eigenvalue weighted by atomic mass is 32.2. The number of hydrogen-bond acceptors (Lipinski definition) is 5. The van der Waals surface area contributed by atoms with Gasteiger partial charge < -0.3 is 4.52 Å². The maximum atomic E-state index is 13.4. The summed E-state index contributed by atoms with van der Waals surface area (Å²) in [5, 5.41) is 3.83. The molecule has 1 atom stereocenters. The third-order valence-electron chi connectivity index (χ3n) is 5.17. The largest absolute Gasteiger partial charge is 0.339 e. The van der Waals surface area contributed by atoms with Gasteiger partial charge in [0.05, 0.1) is 10.8 Å². The molecule has 136 valence electrons. The first-order valence-electron chi connectivity index (χ1n) is 8.59. The molecule has 0 N–H and O–H groups in total. The highest BCUT2D eigenvalue weighted by molar-refractivity contribution is 7.89. The van der Waals surface area contributed by atoms with E-state index in [1.807, 2.05) is 33.8 Å². The SMILES string of the molecule is Cc1noc(C2CCCN(S(=O)(=O)c3c(C)c(C)cc(C)c3C)C2)n1. The third-order valence-corrected chi connectivity index (χ3v) is 7.31. The zero-order valence-electron chi connectivity index (χ0n) is 15.5. The van der Waals surface area contributed by atoms with E-state index in [0.717, 1.165) is 35.1 Å². The first-order valence-corrected chi connectivity index (χ1v) is 10.0. The smallest absolute Gasteiger partial charge is 0.243 e. The van der Waals surface area contributed by atoms with Crippen molar-refractivity contribution in [1.29, 1.82) is 0 Å². The predicted octanol–water partition coefficient (Wildman–Crippen LogP) is 3.18. The number of piperidine rings is 1. The molecular formula is C18H25N3O3S. The van der Waals surface area contributed by atoms with E-state index in [2.05, 4.69) is 10.1 Å². The number of nitrogens with zero attached hydrogens (tertiary/aromatic N) is 3. The summed E-state index contributed by atoms with van der Waals surface area (Å²) in [6.45, 7) is 10.4. The average molecular weight is 363 g/mol. The van der Waals surface area contributed by atoms with Crippen LogP contribution < -0.4 is 0 Å². The van der Waals surface area contributed by atoms with Gasteiger partial charge in [0.25, 0.3) is 0 Å². The summed E-state index contributed by atoms with van der Waals surface area (Å²) >= 11 is 0. The number of rotatable bonds is 3. The Morgan fingerprint density at radius 1 is 1.12 bits per heavy atom. The summed E-state index contributed by atoms with van der Waals surface area (Å²) < 4.78 is 33.6. The van der Waals surface area contributed by atoms with E-state index in [0.29, 0.717) is 29.7 Å². The summed E-state index contributed by atoms with van der Waals surface area (Å²) in [6, 6.07) is 2.05. The van der Waals surface area contributed by atoms with Crippen molar-refractivity contribution in [1.82, 2.24) is 14.4 Å². The van der Waals surface area contributed by atoms with Crippen molar-refractivity contribution >= 4 is 10.0 Å². The lowest BCUT2D eigenvalue weighted by Gasteiger charge is -2.31. The molecule has 1 saturated heterocycles. The Morgan fingerprint density at radius 3 is 2.32 bits per heavy atom. The molecule has 0 bridgehead atoms. The van der Waals surface area contributed by atoms with Crippen LogP contribution in [0.15, 0.2) is 15.5 Å². The van der Waals surface area contributed by atoms with Gasteiger partial charge in [-0.05, 0) is 69.7 Å². The molecule has 25 heavy (non-hydrogen) atoms. The van der Waals surface area contributed by atoms with Gasteiger partial charge in [-0.1, -0.05) is 11.2 Å². The van der Waals surface area contributed by atoms with Crippen LogP contribution in [0.2, 0.25) is 0 Å². The number of sulfonamides is 1. The van der Waals surface area contributed by atoms with Crippen LogP contribution in [0.5, 0.6) is 0 Å². The molecule has 0 radical (unpaired) electrons. The summed E-state index contributed by atoms with van der Waals surface area (Å²) in [7, 11) is -3.56. The second kappa shape index (κ2) is 6.53. The van der Waals surface area contributed by atoms with E-state index in [4.69, 9.17) is 4.52 Å². The first-order chi connectivity index (χ1) is 11.7. The van der Waals surface area contributed by atoms with Crippen LogP contribution in [0, 0.1) is 34.6 Å². The summed E-state index contributed by atoms with van der Waals surface area (Å²) in [5.74, 6) is 1.07. The zero-order valence-corrected chi connectivity index (χ0v) is 16.3. The maximum absolute atomic E-state index is 13.4. The van der Waals surface area contributed by atoms with Crippen LogP contribution in [0.4, 0.5) is 0 Å². The lowest BCUT2D eigenvalue weighted by Crippen LogP contribution is -2.39. The van der Waals surface area contributed by atoms with Crippen LogP contribution in [0.3, 0.4) is 0 Å². The Labute approximate surface area is 149 Å². The molecule has 1 aromatic carbocycles. The lowest BCUT2D eigenvalue weighted by molar-refractivity contribution is 0.265. The van der Waals surface area contributed by atoms with Crippen molar-refractivity contribution in [3.05, 3.63) is 40.0 Å². The van der Waals surface area contributed by atoms with Crippen molar-refractivity contribution < 1.29 is 12.9 Å². The molecule has 0 saturated carbocycles. The van der Waals surface area contributed by atoms with Crippen molar-refractivity contribution in [3.8, 4) is 0 Å². The summed E-state index contributed by atoms with van der Waals surface area (Å²) in [4.78, 5) is 4.74. The minimum Gasteiger partial charge on any atom is -0.339 e. The van der Waals surface area contributed by atoms with Gasteiger partial charge in [-0.25, -0.2) is 8.42 Å². The molecule has 0 amide bonds. The fraction of sp³-hybridized carbons (Fsp3) is 0.556. The summed E-state index contributed by atoms with van der Waals surface area (Å²) in [5.41, 5.74) is 3.67. The number of aryl methyl sites for hydroxylation is 3. The van der Waals surface area contributed by atoms with Crippen LogP contribution in [0.25, 0.3) is 0 Å². The van der Waals surface area contributed by atoms with Crippen molar-refractivity contribution in [2.75, 3.05) is 13.1 Å². The van der Waals surface area contributed by atoms with E-state index in [1.165, 1.54) is 0 Å². The van der Waals surface area contributed by atoms with Gasteiger partial charge in [0.15, 0.2) is 5.82 Å². The topological polar surface area (TPSA) is 76.3 Å². The molecule has 1 aliphatic rings. The number of hydrogen-bond donors (Lipinski definition) is 0. The molecule has 1 aliphatic heterocycles. The molecule has 1 aromatic heterocycles. The van der Waals surface area contributed by atoms with E-state index in [9.17, 15) is 8.42 Å². The van der Waals surface area contributed by atoms with Gasteiger partial charge in [0.1, 0.15) is 0 Å². The van der Waals surface area contributed by atoms with E-state index >= 15 is 0 Å². The monoisotopic (exact) mass is 363 g/mol. The molecule has 3 rings (SSSR count). The van der Waals surface area contributed by atoms with Crippen LogP contribution >= 0.6 is 0 Å². The molecule has 2 aromatic rings. The van der Waals surface area contributed by atoms with Gasteiger partial charge in [0.2, 0.25) is 15.9 Å². The zero-order chi connectivity index (χ0) is 18.4. The quantitative estimate of drug-likeness (QED) is 0.837. The van der Waals surface area contributed by atoms with Gasteiger partial charge >= 0.3 is 0 Å². The maximum Gasteiger partial charge on any atom is 0.243 e. The molecule has 0 aliphatic carbocycles. The highest BCUT2D eigenvalue weighted by Gasteiger charge is 2.35. The Morgan fingerprint density at radius 2 is 1.76 bits per heavy atom. The fourth-order valence-corrected chi connectivity index (χ4v) is 5.64. The van der Waals surface area contributed by atoms with Crippen molar-refractivity contribution in [2.24, 2.45) is 0 Å². The normalized spacial score (nSPS) is 19.3. The minimum absolute atomic E-state index is 0.0451. The number of aromatic nitrogens is 2. The van der Waals surface area contributed by atoms with E-state index < -0.39 is 10.0 Å². The first kappa shape index (κ1) is 18.1. The standard InChI is InChI=1S/C18H25N3O3S/c1-11-9-12(2)14(4)17(13(11)3)25(22,23)21-8-6-7-16(10-21)18-19-15(5)20-24-18/h9,16H,6-8,10H2,1-5H3. The second-order valence-corrected chi connectivity index (χ2v) is 8.85. The van der Waals surface area contributed by atoms with Crippen LogP contribution in [-0.4, -0.2) is 36.0 Å². The lowest BCUT2D eigenvalue weighted by atomic mass is 10.00. The van der Waals surface area contributed by atoms with Gasteiger partial charge in [-0.3, -0.25) is 0 Å². The molecular weight excluding hydrogens is 338 g/mol. The molecule has 6 nitrogen and oxygen atoms in total. The Hall–Kier alpha value is -1.73. The van der Waals surface area contributed by atoms with Gasteiger partial charge in [0, 0.05) is 13.1 Å². The van der Waals surface area contributed by atoms with Crippen molar-refractivity contribution in [2.45, 2.75) is 58.3 Å². The van der Waals surface area contributed by atoms with Crippen LogP contribution in [-0.2, 0) is 10.0 Å². The fourth-order valence-electron chi connectivity index (χ4n) is 3.54. The van der Waals surface area contributed by atoms with E-state index in [-0.39, 0.29) is 5.92 Å². The van der Waals surface area contributed by atoms with Gasteiger partial charge in [-0.15, -0.1) is 0 Å². The Kier molecular flexibility index (Phi) is 4.72.